The molecular weight excluding hydrogens is 408 g/mol. The second-order valence-corrected chi connectivity index (χ2v) is 8.18. The smallest absolute Gasteiger partial charge is 0.291 e. The Hall–Kier alpha value is -2.97. The maximum absolute atomic E-state index is 12.8. The zero-order valence-electron chi connectivity index (χ0n) is 15.4. The van der Waals surface area contributed by atoms with Crippen molar-refractivity contribution in [2.24, 2.45) is 0 Å². The number of benzene rings is 2. The first kappa shape index (κ1) is 18.1. The summed E-state index contributed by atoms with van der Waals surface area (Å²) in [7, 11) is 0. The Morgan fingerprint density at radius 2 is 1.90 bits per heavy atom. The normalized spacial score (nSPS) is 12.9. The van der Waals surface area contributed by atoms with E-state index in [1.54, 1.807) is 18.2 Å². The van der Waals surface area contributed by atoms with Crippen LogP contribution in [0.5, 0.6) is 11.5 Å². The average molecular weight is 425 g/mol. The third-order valence-corrected chi connectivity index (χ3v) is 6.28. The van der Waals surface area contributed by atoms with Crippen LogP contribution in [0.1, 0.15) is 10.6 Å². The second kappa shape index (κ2) is 7.46. The van der Waals surface area contributed by atoms with E-state index in [-0.39, 0.29) is 11.7 Å². The predicted molar refractivity (Wildman–Crippen MR) is 114 cm³/mol. The molecule has 2 aromatic heterocycles. The van der Waals surface area contributed by atoms with Gasteiger partial charge in [-0.05, 0) is 36.6 Å². The third-order valence-electron chi connectivity index (χ3n) is 4.45. The summed E-state index contributed by atoms with van der Waals surface area (Å²) in [5, 5.41) is 3.66. The summed E-state index contributed by atoms with van der Waals surface area (Å²) in [5.41, 5.74) is 1.57. The lowest BCUT2D eigenvalue weighted by molar-refractivity contribution is 0.0997. The van der Waals surface area contributed by atoms with Gasteiger partial charge in [0, 0.05) is 11.0 Å². The van der Waals surface area contributed by atoms with Gasteiger partial charge in [-0.2, -0.15) is 0 Å². The number of nitrogens with zero attached hydrogens (tertiary/aromatic N) is 1. The van der Waals surface area contributed by atoms with Gasteiger partial charge >= 0.3 is 0 Å². The number of rotatable bonds is 4. The highest BCUT2D eigenvalue weighted by atomic mass is 32.2. The Bertz CT molecular complexity index is 1180. The lowest BCUT2D eigenvalue weighted by Gasteiger charge is -2.20. The van der Waals surface area contributed by atoms with Gasteiger partial charge in [0.15, 0.2) is 28.0 Å². The fourth-order valence-corrected chi connectivity index (χ4v) is 4.56. The van der Waals surface area contributed by atoms with E-state index in [9.17, 15) is 4.79 Å². The van der Waals surface area contributed by atoms with E-state index in [0.717, 1.165) is 20.1 Å². The second-order valence-electron chi connectivity index (χ2n) is 6.30. The molecule has 0 aliphatic carbocycles. The van der Waals surface area contributed by atoms with E-state index in [2.05, 4.69) is 10.3 Å². The first-order valence-electron chi connectivity index (χ1n) is 8.96. The number of fused-ring (bicyclic) bond motifs is 2. The fraction of sp³-hybridized carbons (Fsp3) is 0.143. The van der Waals surface area contributed by atoms with E-state index in [0.29, 0.717) is 36.2 Å². The molecule has 0 radical (unpaired) electrons. The van der Waals surface area contributed by atoms with Gasteiger partial charge in [0.05, 0.1) is 15.9 Å². The summed E-state index contributed by atoms with van der Waals surface area (Å²) >= 11 is 3.05. The van der Waals surface area contributed by atoms with Crippen molar-refractivity contribution in [3.63, 3.8) is 0 Å². The van der Waals surface area contributed by atoms with Gasteiger partial charge < -0.3 is 19.2 Å². The predicted octanol–water partition coefficient (Wildman–Crippen LogP) is 5.30. The number of hydrogen-bond acceptors (Lipinski definition) is 7. The monoisotopic (exact) mass is 424 g/mol. The molecule has 0 atom stereocenters. The van der Waals surface area contributed by atoms with E-state index < -0.39 is 0 Å². The van der Waals surface area contributed by atoms with Crippen LogP contribution in [0.2, 0.25) is 0 Å². The molecule has 1 amide bonds. The van der Waals surface area contributed by atoms with Gasteiger partial charge in [-0.3, -0.25) is 4.79 Å². The molecular formula is C21H16N2O4S2. The maximum Gasteiger partial charge on any atom is 0.291 e. The van der Waals surface area contributed by atoms with Gasteiger partial charge in [0.1, 0.15) is 13.2 Å². The van der Waals surface area contributed by atoms with Crippen molar-refractivity contribution in [3.05, 3.63) is 54.3 Å². The molecule has 4 aromatic rings. The third kappa shape index (κ3) is 3.45. The van der Waals surface area contributed by atoms with Gasteiger partial charge in [-0.15, -0.1) is 23.1 Å². The molecule has 5 rings (SSSR count). The molecule has 0 fully saturated rings. The summed E-state index contributed by atoms with van der Waals surface area (Å²) in [6.07, 6.45) is 1.94. The topological polar surface area (TPSA) is 73.6 Å². The largest absolute Gasteiger partial charge is 0.486 e. The summed E-state index contributed by atoms with van der Waals surface area (Å²) in [6.45, 7) is 1.01. The highest BCUT2D eigenvalue weighted by Gasteiger charge is 2.19. The number of furan rings is 1. The van der Waals surface area contributed by atoms with E-state index in [1.807, 2.05) is 36.6 Å². The van der Waals surface area contributed by atoms with Crippen LogP contribution in [-0.2, 0) is 0 Å². The number of anilines is 1. The molecule has 1 aliphatic rings. The molecule has 0 unspecified atom stereocenters. The molecule has 2 aromatic carbocycles. The fourth-order valence-electron chi connectivity index (χ4n) is 3.07. The standard InChI is InChI=1S/C21H16N2O4S2/c1-28-19-11-17-16(25-8-9-26-17)10-13(19)22-20(24)14-6-7-15(27-14)21-23-12-4-2-3-5-18(12)29-21/h2-7,10-11H,8-9H2,1H3,(H,22,24). The van der Waals surface area contributed by atoms with E-state index >= 15 is 0 Å². The lowest BCUT2D eigenvalue weighted by Crippen LogP contribution is -2.17. The van der Waals surface area contributed by atoms with Crippen LogP contribution in [0, 0.1) is 0 Å². The highest BCUT2D eigenvalue weighted by molar-refractivity contribution is 7.98. The number of hydrogen-bond donors (Lipinski definition) is 1. The van der Waals surface area contributed by atoms with Crippen molar-refractivity contribution >= 4 is 44.9 Å². The van der Waals surface area contributed by atoms with Gasteiger partial charge in [0.25, 0.3) is 5.91 Å². The molecule has 0 saturated heterocycles. The first-order chi connectivity index (χ1) is 14.2. The summed E-state index contributed by atoms with van der Waals surface area (Å²) in [6, 6.07) is 15.0. The van der Waals surface area contributed by atoms with Crippen LogP contribution in [0.25, 0.3) is 21.0 Å². The maximum atomic E-state index is 12.8. The number of carbonyl (C=O) groups is 1. The first-order valence-corrected chi connectivity index (χ1v) is 11.0. The van der Waals surface area contributed by atoms with Crippen LogP contribution in [0.4, 0.5) is 5.69 Å². The minimum atomic E-state index is -0.329. The van der Waals surface area contributed by atoms with Crippen molar-refractivity contribution in [1.29, 1.82) is 0 Å². The molecule has 1 N–H and O–H groups in total. The van der Waals surface area contributed by atoms with Crippen molar-refractivity contribution in [2.45, 2.75) is 4.90 Å². The minimum Gasteiger partial charge on any atom is -0.486 e. The number of thioether (sulfide) groups is 1. The van der Waals surface area contributed by atoms with Gasteiger partial charge in [-0.1, -0.05) is 12.1 Å². The minimum absolute atomic E-state index is 0.223. The Balaban J connectivity index is 1.40. The Labute approximate surface area is 174 Å². The van der Waals surface area contributed by atoms with E-state index in [1.165, 1.54) is 23.1 Å². The SMILES string of the molecule is CSc1cc2c(cc1NC(=O)c1ccc(-c3nc4ccccc4s3)o1)OCCO2. The van der Waals surface area contributed by atoms with Crippen LogP contribution < -0.4 is 14.8 Å². The zero-order valence-corrected chi connectivity index (χ0v) is 17.1. The summed E-state index contributed by atoms with van der Waals surface area (Å²) < 4.78 is 18.1. The van der Waals surface area contributed by atoms with E-state index in [4.69, 9.17) is 13.9 Å². The number of amides is 1. The van der Waals surface area contributed by atoms with Crippen LogP contribution in [0.15, 0.2) is 57.8 Å². The summed E-state index contributed by atoms with van der Waals surface area (Å²) in [4.78, 5) is 18.2. The van der Waals surface area contributed by atoms with Gasteiger partial charge in [0.2, 0.25) is 0 Å². The number of carbonyl (C=O) groups excluding carboxylic acids is 1. The molecule has 0 spiro atoms. The quantitative estimate of drug-likeness (QED) is 0.448. The van der Waals surface area contributed by atoms with Gasteiger partial charge in [-0.25, -0.2) is 4.98 Å². The van der Waals surface area contributed by atoms with Crippen LogP contribution in [0.3, 0.4) is 0 Å². The Kier molecular flexibility index (Phi) is 4.65. The van der Waals surface area contributed by atoms with Crippen molar-refractivity contribution < 1.29 is 18.7 Å². The molecule has 3 heterocycles. The summed E-state index contributed by atoms with van der Waals surface area (Å²) in [5.74, 6) is 1.78. The average Bonchev–Trinajstić information content (AvgIpc) is 3.40. The molecule has 0 bridgehead atoms. The van der Waals surface area contributed by atoms with Crippen molar-refractivity contribution in [2.75, 3.05) is 24.8 Å². The molecule has 146 valence electrons. The molecule has 8 heteroatoms. The van der Waals surface area contributed by atoms with Crippen molar-refractivity contribution in [1.82, 2.24) is 4.98 Å². The molecule has 6 nitrogen and oxygen atoms in total. The Morgan fingerprint density at radius 3 is 2.69 bits per heavy atom. The molecule has 1 aliphatic heterocycles. The number of ether oxygens (including phenoxy) is 2. The Morgan fingerprint density at radius 1 is 1.10 bits per heavy atom. The lowest BCUT2D eigenvalue weighted by atomic mass is 10.2. The van der Waals surface area contributed by atoms with Crippen LogP contribution >= 0.6 is 23.1 Å². The zero-order chi connectivity index (χ0) is 19.8. The number of para-hydroxylation sites is 1. The van der Waals surface area contributed by atoms with Crippen LogP contribution in [-0.4, -0.2) is 30.4 Å². The molecule has 29 heavy (non-hydrogen) atoms. The number of nitrogens with one attached hydrogen (secondary N) is 1. The number of aromatic nitrogens is 1. The van der Waals surface area contributed by atoms with Crippen molar-refractivity contribution in [3.8, 4) is 22.3 Å². The highest BCUT2D eigenvalue weighted by Crippen LogP contribution is 2.39. The molecule has 0 saturated carbocycles. The number of thiazole rings is 1.